The second-order valence-electron chi connectivity index (χ2n) is 4.67. The van der Waals surface area contributed by atoms with Crippen molar-refractivity contribution >= 4 is 23.3 Å². The molecule has 8 heteroatoms. The molecule has 1 saturated heterocycles. The van der Waals surface area contributed by atoms with Crippen LogP contribution in [0, 0.1) is 10.1 Å². The van der Waals surface area contributed by atoms with Gasteiger partial charge < -0.3 is 14.6 Å². The highest BCUT2D eigenvalue weighted by Crippen LogP contribution is 2.34. The predicted octanol–water partition coefficient (Wildman–Crippen LogP) is 2.89. The standard InChI is InChI=1S/C13H14ClNO6/c14-11-6-8(15(18)19)5-10(13(16)17)12(11)21-7-9-3-1-2-4-20-9/h5-6,9H,1-4,7H2,(H,16,17). The van der Waals surface area contributed by atoms with E-state index in [0.717, 1.165) is 31.4 Å². The van der Waals surface area contributed by atoms with Gasteiger partial charge in [-0.1, -0.05) is 11.6 Å². The molecule has 21 heavy (non-hydrogen) atoms. The van der Waals surface area contributed by atoms with Gasteiger partial charge in [0.1, 0.15) is 12.2 Å². The van der Waals surface area contributed by atoms with Crippen LogP contribution in [0.25, 0.3) is 0 Å². The fraction of sp³-hybridized carbons (Fsp3) is 0.462. The van der Waals surface area contributed by atoms with Gasteiger partial charge in [0.2, 0.25) is 0 Å². The highest BCUT2D eigenvalue weighted by Gasteiger charge is 2.23. The summed E-state index contributed by atoms with van der Waals surface area (Å²) in [5.74, 6) is -1.40. The van der Waals surface area contributed by atoms with Gasteiger partial charge in [-0.3, -0.25) is 10.1 Å². The summed E-state index contributed by atoms with van der Waals surface area (Å²) in [4.78, 5) is 21.2. The van der Waals surface area contributed by atoms with Gasteiger partial charge in [0.25, 0.3) is 5.69 Å². The van der Waals surface area contributed by atoms with Gasteiger partial charge in [0.05, 0.1) is 16.0 Å². The maximum atomic E-state index is 11.2. The molecule has 0 aromatic heterocycles. The number of ether oxygens (including phenoxy) is 2. The lowest BCUT2D eigenvalue weighted by molar-refractivity contribution is -0.384. The summed E-state index contributed by atoms with van der Waals surface area (Å²) in [5.41, 5.74) is -0.719. The first-order chi connectivity index (χ1) is 9.99. The van der Waals surface area contributed by atoms with Crippen LogP contribution in [-0.4, -0.2) is 35.3 Å². The molecule has 1 aromatic carbocycles. The first kappa shape index (κ1) is 15.5. The number of benzene rings is 1. The second-order valence-corrected chi connectivity index (χ2v) is 5.07. The van der Waals surface area contributed by atoms with Crippen molar-refractivity contribution in [2.75, 3.05) is 13.2 Å². The average molecular weight is 316 g/mol. The Kier molecular flexibility index (Phi) is 4.98. The number of hydrogen-bond donors (Lipinski definition) is 1. The van der Waals surface area contributed by atoms with Gasteiger partial charge in [0.15, 0.2) is 5.75 Å². The van der Waals surface area contributed by atoms with Crippen molar-refractivity contribution < 1.29 is 24.3 Å². The van der Waals surface area contributed by atoms with Crippen LogP contribution in [-0.2, 0) is 4.74 Å². The molecule has 1 aliphatic heterocycles. The highest BCUT2D eigenvalue weighted by molar-refractivity contribution is 6.32. The summed E-state index contributed by atoms with van der Waals surface area (Å²) in [5, 5.41) is 19.8. The minimum atomic E-state index is -1.33. The lowest BCUT2D eigenvalue weighted by atomic mass is 10.1. The van der Waals surface area contributed by atoms with Crippen molar-refractivity contribution in [1.29, 1.82) is 0 Å². The molecular formula is C13H14ClNO6. The second kappa shape index (κ2) is 6.73. The Bertz CT molecular complexity index is 556. The monoisotopic (exact) mass is 315 g/mol. The molecule has 0 bridgehead atoms. The van der Waals surface area contributed by atoms with Gasteiger partial charge >= 0.3 is 5.97 Å². The fourth-order valence-corrected chi connectivity index (χ4v) is 2.37. The first-order valence-electron chi connectivity index (χ1n) is 6.44. The number of nitrogens with zero attached hydrogens (tertiary/aromatic N) is 1. The molecule has 7 nitrogen and oxygen atoms in total. The summed E-state index contributed by atoms with van der Waals surface area (Å²) in [6, 6.07) is 2.01. The Morgan fingerprint density at radius 2 is 2.29 bits per heavy atom. The SMILES string of the molecule is O=C(O)c1cc([N+](=O)[O-])cc(Cl)c1OCC1CCCCO1. The summed E-state index contributed by atoms with van der Waals surface area (Å²) in [6.07, 6.45) is 2.72. The van der Waals surface area contributed by atoms with E-state index in [4.69, 9.17) is 26.2 Å². The Hall–Kier alpha value is -1.86. The molecule has 114 valence electrons. The zero-order valence-corrected chi connectivity index (χ0v) is 11.8. The van der Waals surface area contributed by atoms with Gasteiger partial charge in [-0.15, -0.1) is 0 Å². The Morgan fingerprint density at radius 1 is 1.52 bits per heavy atom. The van der Waals surface area contributed by atoms with E-state index in [0.29, 0.717) is 6.61 Å². The molecule has 0 spiro atoms. The van der Waals surface area contributed by atoms with Crippen molar-refractivity contribution in [2.24, 2.45) is 0 Å². The van der Waals surface area contributed by atoms with E-state index in [1.165, 1.54) is 0 Å². The number of nitro groups is 1. The molecule has 1 unspecified atom stereocenters. The van der Waals surface area contributed by atoms with Crippen molar-refractivity contribution in [3.63, 3.8) is 0 Å². The van der Waals surface area contributed by atoms with E-state index >= 15 is 0 Å². The smallest absolute Gasteiger partial charge is 0.339 e. The average Bonchev–Trinajstić information content (AvgIpc) is 2.46. The molecule has 0 aliphatic carbocycles. The molecule has 1 aliphatic rings. The number of aromatic carboxylic acids is 1. The molecule has 1 atom stereocenters. The molecule has 0 saturated carbocycles. The number of carboxylic acids is 1. The minimum Gasteiger partial charge on any atom is -0.488 e. The number of halogens is 1. The maximum Gasteiger partial charge on any atom is 0.339 e. The summed E-state index contributed by atoms with van der Waals surface area (Å²) < 4.78 is 10.9. The van der Waals surface area contributed by atoms with Crippen molar-refractivity contribution in [2.45, 2.75) is 25.4 Å². The normalized spacial score (nSPS) is 18.2. The van der Waals surface area contributed by atoms with E-state index < -0.39 is 16.6 Å². The van der Waals surface area contributed by atoms with Gasteiger partial charge in [-0.05, 0) is 19.3 Å². The number of nitro benzene ring substituents is 1. The zero-order valence-electron chi connectivity index (χ0n) is 11.1. The molecule has 2 rings (SSSR count). The number of rotatable bonds is 5. The van der Waals surface area contributed by atoms with Crippen molar-refractivity contribution in [1.82, 2.24) is 0 Å². The van der Waals surface area contributed by atoms with E-state index in [9.17, 15) is 14.9 Å². The van der Waals surface area contributed by atoms with E-state index in [1.807, 2.05) is 0 Å². The minimum absolute atomic E-state index is 0.0658. The molecule has 1 aromatic rings. The largest absolute Gasteiger partial charge is 0.488 e. The predicted molar refractivity (Wildman–Crippen MR) is 74.2 cm³/mol. The Labute approximate surface area is 125 Å². The number of hydrogen-bond acceptors (Lipinski definition) is 5. The maximum absolute atomic E-state index is 11.2. The zero-order chi connectivity index (χ0) is 15.4. The molecule has 0 radical (unpaired) electrons. The highest BCUT2D eigenvalue weighted by atomic mass is 35.5. The van der Waals surface area contributed by atoms with Crippen LogP contribution >= 0.6 is 11.6 Å². The van der Waals surface area contributed by atoms with E-state index in [2.05, 4.69) is 0 Å². The van der Waals surface area contributed by atoms with Crippen LogP contribution in [0.3, 0.4) is 0 Å². The van der Waals surface area contributed by atoms with Crippen molar-refractivity contribution in [3.8, 4) is 5.75 Å². The van der Waals surface area contributed by atoms with Crippen LogP contribution in [0.1, 0.15) is 29.6 Å². The quantitative estimate of drug-likeness (QED) is 0.662. The van der Waals surface area contributed by atoms with Gasteiger partial charge in [-0.2, -0.15) is 0 Å². The fourth-order valence-electron chi connectivity index (χ4n) is 2.11. The first-order valence-corrected chi connectivity index (χ1v) is 6.82. The van der Waals surface area contributed by atoms with Crippen LogP contribution in [0.2, 0.25) is 5.02 Å². The molecular weight excluding hydrogens is 302 g/mol. The third kappa shape index (κ3) is 3.83. The van der Waals surface area contributed by atoms with Gasteiger partial charge in [-0.25, -0.2) is 4.79 Å². The third-order valence-electron chi connectivity index (χ3n) is 3.16. The molecule has 1 N–H and O–H groups in total. The number of carbonyl (C=O) groups is 1. The molecule has 1 fully saturated rings. The van der Waals surface area contributed by atoms with Crippen LogP contribution in [0.5, 0.6) is 5.75 Å². The number of non-ortho nitro benzene ring substituents is 1. The molecule has 0 amide bonds. The van der Waals surface area contributed by atoms with E-state index in [1.54, 1.807) is 0 Å². The summed E-state index contributed by atoms with van der Waals surface area (Å²) in [6.45, 7) is 0.811. The third-order valence-corrected chi connectivity index (χ3v) is 3.44. The van der Waals surface area contributed by atoms with Gasteiger partial charge in [0, 0.05) is 18.7 Å². The summed E-state index contributed by atoms with van der Waals surface area (Å²) in [7, 11) is 0. The lowest BCUT2D eigenvalue weighted by Gasteiger charge is -2.23. The van der Waals surface area contributed by atoms with Crippen LogP contribution in [0.15, 0.2) is 12.1 Å². The van der Waals surface area contributed by atoms with Crippen molar-refractivity contribution in [3.05, 3.63) is 32.8 Å². The van der Waals surface area contributed by atoms with E-state index in [-0.39, 0.29) is 29.0 Å². The van der Waals surface area contributed by atoms with Crippen LogP contribution < -0.4 is 4.74 Å². The summed E-state index contributed by atoms with van der Waals surface area (Å²) >= 11 is 5.91. The topological polar surface area (TPSA) is 98.9 Å². The molecule has 1 heterocycles. The lowest BCUT2D eigenvalue weighted by Crippen LogP contribution is -2.26. The Balaban J connectivity index is 2.20. The number of carboxylic acid groups (broad SMARTS) is 1. The van der Waals surface area contributed by atoms with Crippen LogP contribution in [0.4, 0.5) is 5.69 Å². The Morgan fingerprint density at radius 3 is 2.86 bits per heavy atom.